The molecule has 6 nitrogen and oxygen atoms in total. The quantitative estimate of drug-likeness (QED) is 0.768. The van der Waals surface area contributed by atoms with Gasteiger partial charge in [0.05, 0.1) is 5.56 Å². The summed E-state index contributed by atoms with van der Waals surface area (Å²) in [7, 11) is 0. The Labute approximate surface area is 155 Å². The molecule has 26 heavy (non-hydrogen) atoms. The van der Waals surface area contributed by atoms with E-state index in [2.05, 4.69) is 21.8 Å². The summed E-state index contributed by atoms with van der Waals surface area (Å²) in [6, 6.07) is 7.45. The molecule has 0 bridgehead atoms. The zero-order valence-electron chi connectivity index (χ0n) is 14.5. The number of aryl methyl sites for hydroxylation is 1. The van der Waals surface area contributed by atoms with E-state index in [0.29, 0.717) is 23.7 Å². The van der Waals surface area contributed by atoms with Crippen molar-refractivity contribution in [2.45, 2.75) is 32.4 Å². The number of carbonyl (C=O) groups excluding carboxylic acids is 2. The Balaban J connectivity index is 1.62. The normalized spacial score (nSPS) is 17.0. The van der Waals surface area contributed by atoms with Gasteiger partial charge in [0.1, 0.15) is 6.04 Å². The van der Waals surface area contributed by atoms with Crippen molar-refractivity contribution in [2.24, 2.45) is 0 Å². The van der Waals surface area contributed by atoms with Gasteiger partial charge < -0.3 is 14.8 Å². The fourth-order valence-corrected chi connectivity index (χ4v) is 4.12. The van der Waals surface area contributed by atoms with Crippen molar-refractivity contribution in [1.82, 2.24) is 14.5 Å². The lowest BCUT2D eigenvalue weighted by Crippen LogP contribution is -2.43. The lowest BCUT2D eigenvalue weighted by Gasteiger charge is -2.23. The van der Waals surface area contributed by atoms with Gasteiger partial charge in [-0.05, 0) is 25.8 Å². The largest absolute Gasteiger partial charge is 0.347 e. The number of amides is 2. The standard InChI is InChI=1S/C19H20N4O2S/c1-2-22-12-14(13-6-3-4-7-15(13)22)18(25)23-10-5-8-16(23)17(24)21-19-20-9-11-26-19/h3-4,6-7,9,11-12,16H,2,5,8,10H2,1H3,(H,20,21,24)/t16-/m1/s1. The number of fused-ring (bicyclic) bond motifs is 1. The minimum atomic E-state index is -0.449. The van der Waals surface area contributed by atoms with Crippen LogP contribution in [0.3, 0.4) is 0 Å². The van der Waals surface area contributed by atoms with Crippen LogP contribution in [0.25, 0.3) is 10.9 Å². The lowest BCUT2D eigenvalue weighted by atomic mass is 10.1. The molecule has 3 aromatic rings. The molecule has 7 heteroatoms. The number of hydrogen-bond donors (Lipinski definition) is 1. The van der Waals surface area contributed by atoms with E-state index in [0.717, 1.165) is 23.9 Å². The molecule has 1 aliphatic rings. The summed E-state index contributed by atoms with van der Waals surface area (Å²) in [4.78, 5) is 31.7. The van der Waals surface area contributed by atoms with Crippen LogP contribution in [-0.4, -0.2) is 38.9 Å². The second-order valence-corrected chi connectivity index (χ2v) is 7.22. The highest BCUT2D eigenvalue weighted by Gasteiger charge is 2.35. The third-order valence-electron chi connectivity index (χ3n) is 4.84. The predicted octanol–water partition coefficient (Wildman–Crippen LogP) is 3.36. The molecule has 0 saturated carbocycles. The van der Waals surface area contributed by atoms with Gasteiger partial charge in [0.25, 0.3) is 5.91 Å². The molecule has 0 radical (unpaired) electrons. The van der Waals surface area contributed by atoms with Crippen LogP contribution >= 0.6 is 11.3 Å². The van der Waals surface area contributed by atoms with Crippen molar-refractivity contribution in [1.29, 1.82) is 0 Å². The van der Waals surface area contributed by atoms with E-state index in [4.69, 9.17) is 0 Å². The summed E-state index contributed by atoms with van der Waals surface area (Å²) in [5, 5.41) is 6.14. The highest BCUT2D eigenvalue weighted by atomic mass is 32.1. The van der Waals surface area contributed by atoms with E-state index in [1.165, 1.54) is 11.3 Å². The molecular formula is C19H20N4O2S. The second-order valence-electron chi connectivity index (χ2n) is 6.33. The first-order valence-electron chi connectivity index (χ1n) is 8.78. The van der Waals surface area contributed by atoms with E-state index < -0.39 is 6.04 Å². The molecule has 0 unspecified atom stereocenters. The molecule has 4 rings (SSSR count). The summed E-state index contributed by atoms with van der Waals surface area (Å²) in [6.07, 6.45) is 5.06. The molecular weight excluding hydrogens is 348 g/mol. The molecule has 3 heterocycles. The van der Waals surface area contributed by atoms with Crippen LogP contribution < -0.4 is 5.32 Å². The molecule has 1 fully saturated rings. The van der Waals surface area contributed by atoms with Crippen molar-refractivity contribution in [3.8, 4) is 0 Å². The molecule has 1 atom stereocenters. The van der Waals surface area contributed by atoms with Crippen LogP contribution in [-0.2, 0) is 11.3 Å². The van der Waals surface area contributed by atoms with Crippen molar-refractivity contribution in [3.05, 3.63) is 47.6 Å². The third kappa shape index (κ3) is 2.88. The zero-order chi connectivity index (χ0) is 18.1. The molecule has 0 spiro atoms. The van der Waals surface area contributed by atoms with Gasteiger partial charge in [-0.3, -0.25) is 9.59 Å². The first-order chi connectivity index (χ1) is 12.7. The Morgan fingerprint density at radius 1 is 1.35 bits per heavy atom. The van der Waals surface area contributed by atoms with Crippen LogP contribution in [0, 0.1) is 0 Å². The highest BCUT2D eigenvalue weighted by molar-refractivity contribution is 7.13. The van der Waals surface area contributed by atoms with Crippen LogP contribution in [0.15, 0.2) is 42.0 Å². The third-order valence-corrected chi connectivity index (χ3v) is 5.53. The summed E-state index contributed by atoms with van der Waals surface area (Å²) in [5.74, 6) is -0.241. The Morgan fingerprint density at radius 2 is 2.19 bits per heavy atom. The molecule has 134 valence electrons. The van der Waals surface area contributed by atoms with E-state index in [9.17, 15) is 9.59 Å². The lowest BCUT2D eigenvalue weighted by molar-refractivity contribution is -0.119. The number of hydrogen-bond acceptors (Lipinski definition) is 4. The van der Waals surface area contributed by atoms with E-state index in [1.54, 1.807) is 11.1 Å². The number of likely N-dealkylation sites (tertiary alicyclic amines) is 1. The van der Waals surface area contributed by atoms with Crippen LogP contribution in [0.4, 0.5) is 5.13 Å². The maximum Gasteiger partial charge on any atom is 0.256 e. The number of thiazole rings is 1. The van der Waals surface area contributed by atoms with Gasteiger partial charge in [0.2, 0.25) is 5.91 Å². The monoisotopic (exact) mass is 368 g/mol. The number of nitrogens with one attached hydrogen (secondary N) is 1. The van der Waals surface area contributed by atoms with E-state index in [1.807, 2.05) is 35.8 Å². The summed E-state index contributed by atoms with van der Waals surface area (Å²) >= 11 is 1.37. The van der Waals surface area contributed by atoms with Crippen molar-refractivity contribution < 1.29 is 9.59 Å². The van der Waals surface area contributed by atoms with Crippen LogP contribution in [0.1, 0.15) is 30.1 Å². The van der Waals surface area contributed by atoms with Crippen molar-refractivity contribution in [2.75, 3.05) is 11.9 Å². The van der Waals surface area contributed by atoms with Gasteiger partial charge in [0, 0.05) is 41.8 Å². The van der Waals surface area contributed by atoms with Crippen LogP contribution in [0.5, 0.6) is 0 Å². The van der Waals surface area contributed by atoms with Gasteiger partial charge >= 0.3 is 0 Å². The van der Waals surface area contributed by atoms with Gasteiger partial charge in [-0.1, -0.05) is 18.2 Å². The average Bonchev–Trinajstić information content (AvgIpc) is 3.40. The molecule has 2 aromatic heterocycles. The fraction of sp³-hybridized carbons (Fsp3) is 0.316. The summed E-state index contributed by atoms with van der Waals surface area (Å²) in [6.45, 7) is 3.45. The molecule has 1 N–H and O–H groups in total. The SMILES string of the molecule is CCn1cc(C(=O)N2CCC[C@@H]2C(=O)Nc2nccs2)c2ccccc21. The molecule has 1 aliphatic heterocycles. The van der Waals surface area contributed by atoms with Gasteiger partial charge in [0.15, 0.2) is 5.13 Å². The highest BCUT2D eigenvalue weighted by Crippen LogP contribution is 2.27. The Bertz CT molecular complexity index is 948. The maximum atomic E-state index is 13.2. The van der Waals surface area contributed by atoms with Crippen molar-refractivity contribution in [3.63, 3.8) is 0 Å². The van der Waals surface area contributed by atoms with Gasteiger partial charge in [-0.25, -0.2) is 4.98 Å². The Morgan fingerprint density at radius 3 is 2.96 bits per heavy atom. The summed E-state index contributed by atoms with van der Waals surface area (Å²) in [5.41, 5.74) is 1.71. The second kappa shape index (κ2) is 6.92. The minimum Gasteiger partial charge on any atom is -0.347 e. The number of carbonyl (C=O) groups is 2. The van der Waals surface area contributed by atoms with Gasteiger partial charge in [-0.2, -0.15) is 0 Å². The topological polar surface area (TPSA) is 67.2 Å². The maximum absolute atomic E-state index is 13.2. The molecule has 1 aromatic carbocycles. The zero-order valence-corrected chi connectivity index (χ0v) is 15.3. The number of anilines is 1. The Kier molecular flexibility index (Phi) is 4.46. The number of para-hydroxylation sites is 1. The molecule has 2 amide bonds. The van der Waals surface area contributed by atoms with E-state index >= 15 is 0 Å². The first-order valence-corrected chi connectivity index (χ1v) is 9.66. The number of rotatable bonds is 4. The van der Waals surface area contributed by atoms with Crippen molar-refractivity contribution >= 4 is 39.2 Å². The first kappa shape index (κ1) is 16.8. The number of nitrogens with zero attached hydrogens (tertiary/aromatic N) is 3. The number of benzene rings is 1. The fourth-order valence-electron chi connectivity index (χ4n) is 3.59. The summed E-state index contributed by atoms with van der Waals surface area (Å²) < 4.78 is 2.07. The molecule has 1 saturated heterocycles. The average molecular weight is 368 g/mol. The smallest absolute Gasteiger partial charge is 0.256 e. The van der Waals surface area contributed by atoms with Gasteiger partial charge in [-0.15, -0.1) is 11.3 Å². The Hall–Kier alpha value is -2.67. The predicted molar refractivity (Wildman–Crippen MR) is 102 cm³/mol. The number of aromatic nitrogens is 2. The molecule has 0 aliphatic carbocycles. The van der Waals surface area contributed by atoms with Crippen LogP contribution in [0.2, 0.25) is 0 Å². The minimum absolute atomic E-state index is 0.0785. The van der Waals surface area contributed by atoms with E-state index in [-0.39, 0.29) is 11.8 Å².